The first kappa shape index (κ1) is 20.6. The van der Waals surface area contributed by atoms with Crippen LogP contribution in [0.2, 0.25) is 0 Å². The molecule has 4 rings (SSSR count). The number of hydrogen-bond donors (Lipinski definition) is 1. The number of nitrogens with zero attached hydrogens (tertiary/aromatic N) is 1. The number of hydrogen-bond acceptors (Lipinski definition) is 2. The van der Waals surface area contributed by atoms with Crippen molar-refractivity contribution < 1.29 is 14.0 Å². The van der Waals surface area contributed by atoms with Gasteiger partial charge in [-0.2, -0.15) is 0 Å². The van der Waals surface area contributed by atoms with Crippen molar-refractivity contribution in [3.63, 3.8) is 0 Å². The van der Waals surface area contributed by atoms with Crippen LogP contribution in [0.3, 0.4) is 0 Å². The van der Waals surface area contributed by atoms with Crippen molar-refractivity contribution in [3.05, 3.63) is 59.9 Å². The lowest BCUT2D eigenvalue weighted by molar-refractivity contribution is -0.142. The van der Waals surface area contributed by atoms with Crippen molar-refractivity contribution in [1.82, 2.24) is 10.2 Å². The van der Waals surface area contributed by atoms with Crippen LogP contribution in [0.1, 0.15) is 31.7 Å². The van der Waals surface area contributed by atoms with E-state index in [1.165, 1.54) is 12.1 Å². The van der Waals surface area contributed by atoms with Crippen molar-refractivity contribution in [2.75, 3.05) is 20.1 Å². The predicted octanol–water partition coefficient (Wildman–Crippen LogP) is 4.05. The molecule has 0 spiro atoms. The summed E-state index contributed by atoms with van der Waals surface area (Å²) in [6.07, 6.45) is 3.09. The van der Waals surface area contributed by atoms with Crippen molar-refractivity contribution in [1.29, 1.82) is 0 Å². The number of rotatable bonds is 5. The number of halogens is 1. The zero-order chi connectivity index (χ0) is 21.3. The van der Waals surface area contributed by atoms with E-state index in [2.05, 4.69) is 12.2 Å². The van der Waals surface area contributed by atoms with Crippen LogP contribution in [0.5, 0.6) is 0 Å². The average Bonchev–Trinajstić information content (AvgIpc) is 3.49. The van der Waals surface area contributed by atoms with Crippen LogP contribution >= 0.6 is 0 Å². The Morgan fingerprint density at radius 2 is 1.87 bits per heavy atom. The van der Waals surface area contributed by atoms with Crippen LogP contribution in [0, 0.1) is 23.1 Å². The van der Waals surface area contributed by atoms with Gasteiger partial charge in [0, 0.05) is 26.1 Å². The molecule has 1 saturated heterocycles. The molecule has 2 aliphatic rings. The van der Waals surface area contributed by atoms with Gasteiger partial charge in [-0.05, 0) is 60.4 Å². The number of piperidine rings is 1. The molecule has 5 heteroatoms. The molecule has 2 aromatic carbocycles. The number of carbonyl (C=O) groups is 2. The van der Waals surface area contributed by atoms with Gasteiger partial charge < -0.3 is 10.2 Å². The molecular formula is C25H29FN2O2. The molecule has 1 saturated carbocycles. The third-order valence-corrected chi connectivity index (χ3v) is 6.65. The molecule has 1 N–H and O–H groups in total. The number of amides is 2. The summed E-state index contributed by atoms with van der Waals surface area (Å²) in [6.45, 7) is 3.29. The topological polar surface area (TPSA) is 49.4 Å². The zero-order valence-electron chi connectivity index (χ0n) is 17.7. The molecule has 158 valence electrons. The maximum absolute atomic E-state index is 13.7. The van der Waals surface area contributed by atoms with E-state index in [0.717, 1.165) is 42.5 Å². The Kier molecular flexibility index (Phi) is 5.63. The van der Waals surface area contributed by atoms with Gasteiger partial charge in [-0.15, -0.1) is 0 Å². The molecule has 3 atom stereocenters. The number of carbonyl (C=O) groups excluding carboxylic acids is 2. The van der Waals surface area contributed by atoms with E-state index in [1.54, 1.807) is 13.1 Å². The van der Waals surface area contributed by atoms with Crippen LogP contribution in [0.15, 0.2) is 48.5 Å². The molecule has 2 fully saturated rings. The second-order valence-corrected chi connectivity index (χ2v) is 8.93. The van der Waals surface area contributed by atoms with E-state index in [-0.39, 0.29) is 23.5 Å². The molecule has 1 aliphatic carbocycles. The molecule has 1 aliphatic heterocycles. The lowest BCUT2D eigenvalue weighted by atomic mass is 9.74. The van der Waals surface area contributed by atoms with Crippen LogP contribution in [0.4, 0.5) is 4.39 Å². The quantitative estimate of drug-likeness (QED) is 0.812. The van der Waals surface area contributed by atoms with Crippen LogP contribution < -0.4 is 5.32 Å². The van der Waals surface area contributed by atoms with E-state index < -0.39 is 5.41 Å². The summed E-state index contributed by atoms with van der Waals surface area (Å²) in [6, 6.07) is 14.5. The molecule has 4 nitrogen and oxygen atoms in total. The first-order chi connectivity index (χ1) is 14.4. The first-order valence-corrected chi connectivity index (χ1v) is 10.8. The Hall–Kier alpha value is -2.69. The summed E-state index contributed by atoms with van der Waals surface area (Å²) in [5.41, 5.74) is 2.12. The Balaban J connectivity index is 1.60. The highest BCUT2D eigenvalue weighted by atomic mass is 19.1. The van der Waals surface area contributed by atoms with Gasteiger partial charge in [0.05, 0.1) is 5.41 Å². The van der Waals surface area contributed by atoms with Gasteiger partial charge in [-0.3, -0.25) is 9.59 Å². The number of likely N-dealkylation sites (tertiary alicyclic amines) is 1. The van der Waals surface area contributed by atoms with E-state index >= 15 is 0 Å². The minimum absolute atomic E-state index is 0.0139. The summed E-state index contributed by atoms with van der Waals surface area (Å²) in [4.78, 5) is 27.8. The standard InChI is InChI=1S/C25H29FN2O2/c1-17-12-22(17)23(29)28-11-5-10-25(16-28,24(30)27-2)15-18-6-3-7-19(13-18)20-8-4-9-21(26)14-20/h3-4,6-9,13-14,17,22H,5,10-12,15-16H2,1-2H3,(H,27,30)/t17-,22+,25-/m0/s1. The Bertz CT molecular complexity index is 960. The molecule has 30 heavy (non-hydrogen) atoms. The van der Waals surface area contributed by atoms with Gasteiger partial charge in [0.1, 0.15) is 5.82 Å². The van der Waals surface area contributed by atoms with Crippen molar-refractivity contribution in [3.8, 4) is 11.1 Å². The summed E-state index contributed by atoms with van der Waals surface area (Å²) < 4.78 is 13.7. The summed E-state index contributed by atoms with van der Waals surface area (Å²) >= 11 is 0. The maximum atomic E-state index is 13.7. The minimum atomic E-state index is -0.638. The summed E-state index contributed by atoms with van der Waals surface area (Å²) in [5.74, 6) is 0.498. The van der Waals surface area contributed by atoms with E-state index in [0.29, 0.717) is 18.9 Å². The highest BCUT2D eigenvalue weighted by molar-refractivity contribution is 5.86. The highest BCUT2D eigenvalue weighted by Crippen LogP contribution is 2.42. The minimum Gasteiger partial charge on any atom is -0.359 e. The van der Waals surface area contributed by atoms with E-state index in [9.17, 15) is 14.0 Å². The van der Waals surface area contributed by atoms with Gasteiger partial charge in [0.2, 0.25) is 11.8 Å². The zero-order valence-corrected chi connectivity index (χ0v) is 17.7. The molecule has 0 bridgehead atoms. The lowest BCUT2D eigenvalue weighted by Gasteiger charge is -2.42. The molecular weight excluding hydrogens is 379 g/mol. The Labute approximate surface area is 177 Å². The molecule has 1 heterocycles. The Morgan fingerprint density at radius 3 is 2.53 bits per heavy atom. The summed E-state index contributed by atoms with van der Waals surface area (Å²) in [5, 5.41) is 2.84. The fourth-order valence-electron chi connectivity index (χ4n) is 4.82. The van der Waals surface area contributed by atoms with E-state index in [1.807, 2.05) is 35.2 Å². The lowest BCUT2D eigenvalue weighted by Crippen LogP contribution is -2.54. The molecule has 2 amide bonds. The van der Waals surface area contributed by atoms with Gasteiger partial charge in [0.15, 0.2) is 0 Å². The average molecular weight is 409 g/mol. The monoisotopic (exact) mass is 408 g/mol. The van der Waals surface area contributed by atoms with Crippen LogP contribution in [-0.4, -0.2) is 36.9 Å². The molecule has 0 unspecified atom stereocenters. The van der Waals surface area contributed by atoms with Gasteiger partial charge in [0.25, 0.3) is 0 Å². The van der Waals surface area contributed by atoms with Gasteiger partial charge in [-0.25, -0.2) is 4.39 Å². The highest BCUT2D eigenvalue weighted by Gasteiger charge is 2.47. The first-order valence-electron chi connectivity index (χ1n) is 10.8. The second-order valence-electron chi connectivity index (χ2n) is 8.93. The largest absolute Gasteiger partial charge is 0.359 e. The molecule has 2 aromatic rings. The van der Waals surface area contributed by atoms with Crippen molar-refractivity contribution in [2.24, 2.45) is 17.3 Å². The van der Waals surface area contributed by atoms with E-state index in [4.69, 9.17) is 0 Å². The van der Waals surface area contributed by atoms with Gasteiger partial charge >= 0.3 is 0 Å². The molecule has 0 radical (unpaired) electrons. The summed E-state index contributed by atoms with van der Waals surface area (Å²) in [7, 11) is 1.66. The Morgan fingerprint density at radius 1 is 1.17 bits per heavy atom. The van der Waals surface area contributed by atoms with Crippen LogP contribution in [0.25, 0.3) is 11.1 Å². The smallest absolute Gasteiger partial charge is 0.228 e. The fraction of sp³-hybridized carbons (Fsp3) is 0.440. The SMILES string of the molecule is CNC(=O)[C@]1(Cc2cccc(-c3cccc(F)c3)c2)CCCN(C(=O)[C@@H]2C[C@@H]2C)C1. The van der Waals surface area contributed by atoms with Crippen LogP contribution in [-0.2, 0) is 16.0 Å². The van der Waals surface area contributed by atoms with Gasteiger partial charge in [-0.1, -0.05) is 43.3 Å². The van der Waals surface area contributed by atoms with Crippen molar-refractivity contribution in [2.45, 2.75) is 32.6 Å². The van der Waals surface area contributed by atoms with Crippen molar-refractivity contribution >= 4 is 11.8 Å². The third kappa shape index (κ3) is 4.11. The predicted molar refractivity (Wildman–Crippen MR) is 115 cm³/mol. The fourth-order valence-corrected chi connectivity index (χ4v) is 4.82. The normalized spacial score (nSPS) is 25.6. The third-order valence-electron chi connectivity index (χ3n) is 6.65. The molecule has 0 aromatic heterocycles. The number of nitrogens with one attached hydrogen (secondary N) is 1. The second kappa shape index (κ2) is 8.21. The number of benzene rings is 2. The maximum Gasteiger partial charge on any atom is 0.228 e.